The number of amides is 1. The lowest BCUT2D eigenvalue weighted by Gasteiger charge is -2.32. The van der Waals surface area contributed by atoms with E-state index in [0.717, 1.165) is 6.07 Å². The average Bonchev–Trinajstić information content (AvgIpc) is 2.59. The molecule has 0 bridgehead atoms. The van der Waals surface area contributed by atoms with Crippen LogP contribution in [0.4, 0.5) is 5.69 Å². The van der Waals surface area contributed by atoms with Gasteiger partial charge in [0.05, 0.1) is 25.2 Å². The number of nitro benzene ring substituents is 1. The summed E-state index contributed by atoms with van der Waals surface area (Å²) in [5, 5.41) is 11.3. The highest BCUT2D eigenvalue weighted by Gasteiger charge is 2.31. The zero-order chi connectivity index (χ0) is 20.9. The standard InChI is InChI=1S/C18H26N2O7/c1-10(2)19(11(3)4)17(21)12(5)27-18(22)13-8-15(25-6)16(26-7)9-14(13)20(23)24/h8-12H,1-7H3. The molecule has 0 radical (unpaired) electrons. The Kier molecular flexibility index (Phi) is 7.56. The number of ether oxygens (including phenoxy) is 3. The van der Waals surface area contributed by atoms with Crippen LogP contribution in [0.25, 0.3) is 0 Å². The fourth-order valence-electron chi connectivity index (χ4n) is 2.77. The van der Waals surface area contributed by atoms with Gasteiger partial charge in [0.1, 0.15) is 5.56 Å². The Morgan fingerprint density at radius 2 is 1.48 bits per heavy atom. The summed E-state index contributed by atoms with van der Waals surface area (Å²) in [6, 6.07) is 2.07. The monoisotopic (exact) mass is 382 g/mol. The summed E-state index contributed by atoms with van der Waals surface area (Å²) in [5.74, 6) is -1.12. The molecule has 0 aliphatic heterocycles. The fourth-order valence-corrected chi connectivity index (χ4v) is 2.77. The summed E-state index contributed by atoms with van der Waals surface area (Å²) < 4.78 is 15.3. The molecular formula is C18H26N2O7. The number of carbonyl (C=O) groups is 2. The largest absolute Gasteiger partial charge is 0.493 e. The summed E-state index contributed by atoms with van der Waals surface area (Å²) in [7, 11) is 2.67. The number of hydrogen-bond acceptors (Lipinski definition) is 7. The number of benzene rings is 1. The summed E-state index contributed by atoms with van der Waals surface area (Å²) in [4.78, 5) is 37.3. The van der Waals surface area contributed by atoms with Gasteiger partial charge in [-0.3, -0.25) is 14.9 Å². The lowest BCUT2D eigenvalue weighted by Crippen LogP contribution is -2.47. The van der Waals surface area contributed by atoms with Crippen molar-refractivity contribution in [1.29, 1.82) is 0 Å². The van der Waals surface area contributed by atoms with Crippen LogP contribution >= 0.6 is 0 Å². The van der Waals surface area contributed by atoms with Gasteiger partial charge in [0.2, 0.25) is 0 Å². The molecule has 1 aromatic carbocycles. The van der Waals surface area contributed by atoms with Crippen LogP contribution in [-0.4, -0.2) is 54.1 Å². The number of hydrogen-bond donors (Lipinski definition) is 0. The lowest BCUT2D eigenvalue weighted by atomic mass is 10.1. The number of nitro groups is 1. The van der Waals surface area contributed by atoms with Gasteiger partial charge < -0.3 is 19.1 Å². The molecule has 1 unspecified atom stereocenters. The Balaban J connectivity index is 3.18. The van der Waals surface area contributed by atoms with Gasteiger partial charge in [0.25, 0.3) is 11.6 Å². The minimum absolute atomic E-state index is 0.0888. The topological polar surface area (TPSA) is 108 Å². The number of methoxy groups -OCH3 is 2. The van der Waals surface area contributed by atoms with Crippen molar-refractivity contribution in [2.45, 2.75) is 52.8 Å². The van der Waals surface area contributed by atoms with Crippen LogP contribution in [0.15, 0.2) is 12.1 Å². The lowest BCUT2D eigenvalue weighted by molar-refractivity contribution is -0.385. The van der Waals surface area contributed by atoms with Gasteiger partial charge in [0.15, 0.2) is 17.6 Å². The van der Waals surface area contributed by atoms with E-state index >= 15 is 0 Å². The van der Waals surface area contributed by atoms with E-state index in [1.807, 2.05) is 27.7 Å². The van der Waals surface area contributed by atoms with E-state index in [2.05, 4.69) is 0 Å². The van der Waals surface area contributed by atoms with Crippen molar-refractivity contribution in [3.8, 4) is 11.5 Å². The van der Waals surface area contributed by atoms with Crippen LogP contribution in [0.3, 0.4) is 0 Å². The molecule has 0 aromatic heterocycles. The molecule has 0 aliphatic carbocycles. The predicted octanol–water partition coefficient (Wildman–Crippen LogP) is 2.80. The number of nitrogens with zero attached hydrogens (tertiary/aromatic N) is 2. The zero-order valence-electron chi connectivity index (χ0n) is 16.6. The van der Waals surface area contributed by atoms with Gasteiger partial charge in [-0.2, -0.15) is 0 Å². The number of esters is 1. The van der Waals surface area contributed by atoms with Gasteiger partial charge in [-0.15, -0.1) is 0 Å². The Morgan fingerprint density at radius 3 is 1.89 bits per heavy atom. The van der Waals surface area contributed by atoms with Crippen LogP contribution in [0, 0.1) is 10.1 Å². The Morgan fingerprint density at radius 1 is 1.00 bits per heavy atom. The first kappa shape index (κ1) is 22.2. The molecule has 0 N–H and O–H groups in total. The molecule has 0 saturated heterocycles. The zero-order valence-corrected chi connectivity index (χ0v) is 16.6. The summed E-state index contributed by atoms with van der Waals surface area (Å²) in [6.07, 6.45) is -1.10. The molecule has 1 atom stereocenters. The Hall–Kier alpha value is -2.84. The van der Waals surface area contributed by atoms with Crippen molar-refractivity contribution in [3.63, 3.8) is 0 Å². The van der Waals surface area contributed by atoms with Crippen molar-refractivity contribution in [2.24, 2.45) is 0 Å². The van der Waals surface area contributed by atoms with Gasteiger partial charge in [-0.1, -0.05) is 0 Å². The second-order valence-electron chi connectivity index (χ2n) is 6.46. The highest BCUT2D eigenvalue weighted by molar-refractivity contribution is 5.96. The molecule has 0 fully saturated rings. The van der Waals surface area contributed by atoms with Crippen molar-refractivity contribution >= 4 is 17.6 Å². The van der Waals surface area contributed by atoms with Gasteiger partial charge in [-0.25, -0.2) is 4.79 Å². The summed E-state index contributed by atoms with van der Waals surface area (Å²) >= 11 is 0. The van der Waals surface area contributed by atoms with Crippen molar-refractivity contribution < 1.29 is 28.7 Å². The predicted molar refractivity (Wildman–Crippen MR) is 98.2 cm³/mol. The maximum Gasteiger partial charge on any atom is 0.346 e. The van der Waals surface area contributed by atoms with E-state index in [4.69, 9.17) is 14.2 Å². The highest BCUT2D eigenvalue weighted by atomic mass is 16.6. The second-order valence-corrected chi connectivity index (χ2v) is 6.46. The van der Waals surface area contributed by atoms with Crippen molar-refractivity contribution in [2.75, 3.05) is 14.2 Å². The smallest absolute Gasteiger partial charge is 0.346 e. The van der Waals surface area contributed by atoms with Crippen molar-refractivity contribution in [1.82, 2.24) is 4.90 Å². The normalized spacial score (nSPS) is 11.9. The molecule has 9 heteroatoms. The van der Waals surface area contributed by atoms with Crippen LogP contribution in [0.5, 0.6) is 11.5 Å². The molecule has 1 rings (SSSR count). The molecule has 1 amide bonds. The van der Waals surface area contributed by atoms with E-state index < -0.39 is 22.7 Å². The molecule has 9 nitrogen and oxygen atoms in total. The minimum atomic E-state index is -1.10. The third kappa shape index (κ3) is 5.08. The van der Waals surface area contributed by atoms with Crippen LogP contribution in [-0.2, 0) is 9.53 Å². The Bertz CT molecular complexity index is 708. The SMILES string of the molecule is COc1cc(C(=O)OC(C)C(=O)N(C(C)C)C(C)C)c([N+](=O)[O-])cc1OC. The first-order chi connectivity index (χ1) is 12.5. The van der Waals surface area contributed by atoms with E-state index in [-0.39, 0.29) is 35.1 Å². The molecule has 0 spiro atoms. The summed E-state index contributed by atoms with van der Waals surface area (Å²) in [6.45, 7) is 8.85. The average molecular weight is 382 g/mol. The van der Waals surface area contributed by atoms with Crippen LogP contribution in [0.1, 0.15) is 45.0 Å². The minimum Gasteiger partial charge on any atom is -0.493 e. The maximum atomic E-state index is 12.6. The highest BCUT2D eigenvalue weighted by Crippen LogP contribution is 2.35. The molecular weight excluding hydrogens is 356 g/mol. The second kappa shape index (κ2) is 9.20. The summed E-state index contributed by atoms with van der Waals surface area (Å²) in [5.41, 5.74) is -0.820. The quantitative estimate of drug-likeness (QED) is 0.386. The third-order valence-corrected chi connectivity index (χ3v) is 3.92. The van der Waals surface area contributed by atoms with Gasteiger partial charge in [-0.05, 0) is 34.6 Å². The van der Waals surface area contributed by atoms with E-state index in [9.17, 15) is 19.7 Å². The maximum absolute atomic E-state index is 12.6. The first-order valence-corrected chi connectivity index (χ1v) is 8.48. The Labute approximate surface area is 158 Å². The first-order valence-electron chi connectivity index (χ1n) is 8.48. The fraction of sp³-hybridized carbons (Fsp3) is 0.556. The molecule has 0 aliphatic rings. The molecule has 150 valence electrons. The van der Waals surface area contributed by atoms with E-state index in [1.54, 1.807) is 4.90 Å². The molecule has 0 heterocycles. The molecule has 27 heavy (non-hydrogen) atoms. The van der Waals surface area contributed by atoms with Crippen LogP contribution < -0.4 is 9.47 Å². The molecule has 1 aromatic rings. The third-order valence-electron chi connectivity index (χ3n) is 3.92. The van der Waals surface area contributed by atoms with Gasteiger partial charge in [0, 0.05) is 18.2 Å². The number of carbonyl (C=O) groups excluding carboxylic acids is 2. The van der Waals surface area contributed by atoms with E-state index in [1.165, 1.54) is 27.2 Å². The van der Waals surface area contributed by atoms with E-state index in [0.29, 0.717) is 0 Å². The molecule has 0 saturated carbocycles. The van der Waals surface area contributed by atoms with Crippen molar-refractivity contribution in [3.05, 3.63) is 27.8 Å². The number of rotatable bonds is 8. The van der Waals surface area contributed by atoms with Gasteiger partial charge >= 0.3 is 5.97 Å². The van der Waals surface area contributed by atoms with Crippen LogP contribution in [0.2, 0.25) is 0 Å².